The Balaban J connectivity index is 2.22. The summed E-state index contributed by atoms with van der Waals surface area (Å²) in [6.45, 7) is 0. The Morgan fingerprint density at radius 3 is 2.72 bits per heavy atom. The van der Waals surface area contributed by atoms with E-state index in [2.05, 4.69) is 34.1 Å². The molecule has 0 saturated heterocycles. The lowest BCUT2D eigenvalue weighted by Crippen LogP contribution is -2.13. The van der Waals surface area contributed by atoms with Crippen LogP contribution in [0, 0.1) is 0 Å². The molecule has 3 rings (SSSR count). The maximum absolute atomic E-state index is 6.40. The lowest BCUT2D eigenvalue weighted by Gasteiger charge is -2.15. The molecule has 2 N–H and O–H groups in total. The fraction of sp³-hybridized carbons (Fsp3) is 0.143. The van der Waals surface area contributed by atoms with Crippen LogP contribution in [0.4, 0.5) is 0 Å². The van der Waals surface area contributed by atoms with Crippen LogP contribution in [-0.2, 0) is 5.75 Å². The van der Waals surface area contributed by atoms with Crippen LogP contribution in [0.5, 0.6) is 0 Å². The third kappa shape index (κ3) is 1.99. The van der Waals surface area contributed by atoms with Crippen LogP contribution in [-0.4, -0.2) is 0 Å². The van der Waals surface area contributed by atoms with Gasteiger partial charge in [-0.05, 0) is 28.8 Å². The standard InChI is InChI=1S/C14H11BrClNS/c15-11-5-1-3-8-10(11)7-18-14-9(13(8)17)4-2-6-12(14)16/h1-6,13H,7,17H2. The minimum atomic E-state index is -0.110. The maximum atomic E-state index is 6.40. The second kappa shape index (κ2) is 4.89. The third-order valence-electron chi connectivity index (χ3n) is 3.18. The topological polar surface area (TPSA) is 26.0 Å². The number of benzene rings is 2. The fourth-order valence-corrected chi connectivity index (χ4v) is 4.48. The van der Waals surface area contributed by atoms with E-state index in [1.807, 2.05) is 18.2 Å². The quantitative estimate of drug-likeness (QED) is 0.748. The van der Waals surface area contributed by atoms with Crippen molar-refractivity contribution in [1.29, 1.82) is 0 Å². The highest BCUT2D eigenvalue weighted by Crippen LogP contribution is 2.43. The highest BCUT2D eigenvalue weighted by molar-refractivity contribution is 9.10. The summed E-state index contributed by atoms with van der Waals surface area (Å²) in [4.78, 5) is 1.11. The van der Waals surface area contributed by atoms with Crippen LogP contribution in [0.2, 0.25) is 5.02 Å². The molecule has 0 spiro atoms. The van der Waals surface area contributed by atoms with E-state index in [1.54, 1.807) is 11.8 Å². The molecule has 1 aliphatic heterocycles. The summed E-state index contributed by atoms with van der Waals surface area (Å²) in [5.41, 5.74) is 9.96. The molecule has 0 radical (unpaired) electrons. The minimum Gasteiger partial charge on any atom is -0.320 e. The van der Waals surface area contributed by atoms with Crippen molar-refractivity contribution < 1.29 is 0 Å². The van der Waals surface area contributed by atoms with E-state index in [9.17, 15) is 0 Å². The molecule has 0 aromatic heterocycles. The third-order valence-corrected chi connectivity index (χ3v) is 5.53. The molecule has 1 aliphatic rings. The van der Waals surface area contributed by atoms with Crippen molar-refractivity contribution in [2.45, 2.75) is 16.7 Å². The van der Waals surface area contributed by atoms with Gasteiger partial charge in [-0.15, -0.1) is 11.8 Å². The summed E-state index contributed by atoms with van der Waals surface area (Å²) in [6.07, 6.45) is 0. The number of fused-ring (bicyclic) bond motifs is 2. The van der Waals surface area contributed by atoms with Gasteiger partial charge >= 0.3 is 0 Å². The van der Waals surface area contributed by atoms with E-state index < -0.39 is 0 Å². The first-order valence-corrected chi connectivity index (χ1v) is 7.78. The van der Waals surface area contributed by atoms with Crippen molar-refractivity contribution in [2.75, 3.05) is 0 Å². The molecule has 0 aliphatic carbocycles. The van der Waals surface area contributed by atoms with E-state index in [-0.39, 0.29) is 6.04 Å². The second-order valence-corrected chi connectivity index (χ2v) is 6.48. The van der Waals surface area contributed by atoms with E-state index in [0.717, 1.165) is 25.7 Å². The maximum Gasteiger partial charge on any atom is 0.0566 e. The Morgan fingerprint density at radius 2 is 1.89 bits per heavy atom. The molecule has 92 valence electrons. The molecule has 4 heteroatoms. The second-order valence-electron chi connectivity index (χ2n) is 4.23. The summed E-state index contributed by atoms with van der Waals surface area (Å²) in [5, 5.41) is 0.789. The van der Waals surface area contributed by atoms with Crippen LogP contribution in [0.15, 0.2) is 45.8 Å². The molecule has 1 unspecified atom stereocenters. The van der Waals surface area contributed by atoms with Gasteiger partial charge in [0, 0.05) is 15.1 Å². The molecule has 1 heterocycles. The molecule has 1 nitrogen and oxygen atoms in total. The number of nitrogens with two attached hydrogens (primary N) is 1. The number of halogens is 2. The predicted molar refractivity (Wildman–Crippen MR) is 81.2 cm³/mol. The van der Waals surface area contributed by atoms with Gasteiger partial charge in [-0.1, -0.05) is 51.8 Å². The zero-order valence-electron chi connectivity index (χ0n) is 9.49. The SMILES string of the molecule is NC1c2cccc(Br)c2CSc2c(Cl)cccc21. The molecule has 2 aromatic carbocycles. The van der Waals surface area contributed by atoms with Crippen molar-refractivity contribution in [2.24, 2.45) is 5.73 Å². The van der Waals surface area contributed by atoms with E-state index in [1.165, 1.54) is 11.1 Å². The molecule has 2 aromatic rings. The Labute approximate surface area is 124 Å². The van der Waals surface area contributed by atoms with Crippen LogP contribution in [0.1, 0.15) is 22.7 Å². The van der Waals surface area contributed by atoms with Gasteiger partial charge in [0.05, 0.1) is 11.1 Å². The summed E-state index contributed by atoms with van der Waals surface area (Å²) in [6, 6.07) is 12.0. The van der Waals surface area contributed by atoms with Crippen molar-refractivity contribution in [1.82, 2.24) is 0 Å². The molecular formula is C14H11BrClNS. The van der Waals surface area contributed by atoms with Crippen molar-refractivity contribution in [3.05, 3.63) is 62.6 Å². The summed E-state index contributed by atoms with van der Waals surface area (Å²) >= 11 is 11.6. The monoisotopic (exact) mass is 339 g/mol. The van der Waals surface area contributed by atoms with Gasteiger partial charge < -0.3 is 5.73 Å². The van der Waals surface area contributed by atoms with Crippen LogP contribution in [0.3, 0.4) is 0 Å². The minimum absolute atomic E-state index is 0.110. The first kappa shape index (κ1) is 12.5. The largest absolute Gasteiger partial charge is 0.320 e. The van der Waals surface area contributed by atoms with E-state index >= 15 is 0 Å². The van der Waals surface area contributed by atoms with Gasteiger partial charge in [0.1, 0.15) is 0 Å². The van der Waals surface area contributed by atoms with E-state index in [0.29, 0.717) is 0 Å². The molecule has 0 fully saturated rings. The van der Waals surface area contributed by atoms with Gasteiger partial charge in [-0.2, -0.15) is 0 Å². The summed E-state index contributed by atoms with van der Waals surface area (Å²) in [5.74, 6) is 0.890. The molecule has 0 amide bonds. The lowest BCUT2D eigenvalue weighted by atomic mass is 9.96. The van der Waals surface area contributed by atoms with Crippen molar-refractivity contribution in [3.8, 4) is 0 Å². The predicted octanol–water partition coefficient (Wildman–Crippen LogP) is 4.76. The molecule has 18 heavy (non-hydrogen) atoms. The first-order chi connectivity index (χ1) is 8.68. The molecule has 0 saturated carbocycles. The van der Waals surface area contributed by atoms with Crippen LogP contribution < -0.4 is 5.73 Å². The van der Waals surface area contributed by atoms with Crippen molar-refractivity contribution in [3.63, 3.8) is 0 Å². The Kier molecular flexibility index (Phi) is 3.41. The Hall–Kier alpha value is -0.480. The first-order valence-electron chi connectivity index (χ1n) is 5.62. The van der Waals surface area contributed by atoms with Crippen molar-refractivity contribution >= 4 is 39.3 Å². The number of hydrogen-bond acceptors (Lipinski definition) is 2. The summed E-state index contributed by atoms with van der Waals surface area (Å²) < 4.78 is 1.12. The fourth-order valence-electron chi connectivity index (χ4n) is 2.25. The highest BCUT2D eigenvalue weighted by Gasteiger charge is 2.23. The normalized spacial score (nSPS) is 17.8. The number of hydrogen-bond donors (Lipinski definition) is 1. The molecule has 1 atom stereocenters. The van der Waals surface area contributed by atoms with Gasteiger partial charge in [-0.25, -0.2) is 0 Å². The zero-order chi connectivity index (χ0) is 12.7. The highest BCUT2D eigenvalue weighted by atomic mass is 79.9. The lowest BCUT2D eigenvalue weighted by molar-refractivity contribution is 0.843. The smallest absolute Gasteiger partial charge is 0.0566 e. The Morgan fingerprint density at radius 1 is 1.17 bits per heavy atom. The van der Waals surface area contributed by atoms with Gasteiger partial charge in [-0.3, -0.25) is 0 Å². The Bertz CT molecular complexity index is 561. The molecular weight excluding hydrogens is 330 g/mol. The van der Waals surface area contributed by atoms with Gasteiger partial charge in [0.25, 0.3) is 0 Å². The number of thioether (sulfide) groups is 1. The van der Waals surface area contributed by atoms with E-state index in [4.69, 9.17) is 17.3 Å². The molecule has 0 bridgehead atoms. The zero-order valence-corrected chi connectivity index (χ0v) is 12.6. The van der Waals surface area contributed by atoms with Gasteiger partial charge in [0.2, 0.25) is 0 Å². The average Bonchev–Trinajstić information content (AvgIpc) is 2.51. The van der Waals surface area contributed by atoms with Crippen LogP contribution >= 0.6 is 39.3 Å². The average molecular weight is 341 g/mol. The van der Waals surface area contributed by atoms with Crippen LogP contribution in [0.25, 0.3) is 0 Å². The van der Waals surface area contributed by atoms with Gasteiger partial charge in [0.15, 0.2) is 0 Å². The number of rotatable bonds is 0. The summed E-state index contributed by atoms with van der Waals surface area (Å²) in [7, 11) is 0.